The van der Waals surface area contributed by atoms with Crippen LogP contribution in [0.3, 0.4) is 0 Å². The molecule has 0 aliphatic heterocycles. The van der Waals surface area contributed by atoms with Crippen LogP contribution in [0.1, 0.15) is 117 Å². The Balaban J connectivity index is 3.86. The van der Waals surface area contributed by atoms with Gasteiger partial charge in [0.25, 0.3) is 0 Å². The Kier molecular flexibility index (Phi) is 36.4. The predicted octanol–water partition coefficient (Wildman–Crippen LogP) is 11.8. The Labute approximate surface area is 305 Å². The number of rotatable bonds is 31. The molecule has 50 heavy (non-hydrogen) atoms. The highest BCUT2D eigenvalue weighted by molar-refractivity contribution is 5.70. The van der Waals surface area contributed by atoms with Gasteiger partial charge in [-0.3, -0.25) is 9.59 Å². The van der Waals surface area contributed by atoms with E-state index in [2.05, 4.69) is 135 Å². The molecule has 276 valence electrons. The molecular weight excluding hydrogens is 620 g/mol. The van der Waals surface area contributed by atoms with Crippen LogP contribution in [0.2, 0.25) is 0 Å². The maximum atomic E-state index is 12.1. The summed E-state index contributed by atoms with van der Waals surface area (Å²) in [5, 5.41) is 9.53. The van der Waals surface area contributed by atoms with Crippen molar-refractivity contribution >= 4 is 11.9 Å². The first kappa shape index (κ1) is 46.0. The van der Waals surface area contributed by atoms with E-state index in [-0.39, 0.29) is 32.0 Å². The van der Waals surface area contributed by atoms with Crippen molar-refractivity contribution in [3.05, 3.63) is 134 Å². The summed E-state index contributed by atoms with van der Waals surface area (Å²) >= 11 is 0. The molecule has 5 nitrogen and oxygen atoms in total. The maximum absolute atomic E-state index is 12.1. The van der Waals surface area contributed by atoms with Crippen LogP contribution < -0.4 is 0 Å². The number of aliphatic hydroxyl groups is 1. The number of carbonyl (C=O) groups is 2. The number of hydrogen-bond donors (Lipinski definition) is 1. The molecule has 0 radical (unpaired) electrons. The molecule has 1 atom stereocenters. The van der Waals surface area contributed by atoms with Gasteiger partial charge in [-0.25, -0.2) is 0 Å². The molecule has 0 aromatic rings. The molecule has 0 heterocycles. The van der Waals surface area contributed by atoms with Crippen molar-refractivity contribution in [1.29, 1.82) is 0 Å². The monoisotopic (exact) mass is 686 g/mol. The Morgan fingerprint density at radius 3 is 1.16 bits per heavy atom. The number of unbranched alkanes of at least 4 members (excludes halogenated alkanes) is 1. The summed E-state index contributed by atoms with van der Waals surface area (Å²) in [6, 6.07) is 0. The molecule has 0 amide bonds. The van der Waals surface area contributed by atoms with E-state index in [1.54, 1.807) is 0 Å². The molecule has 0 aromatic heterocycles. The van der Waals surface area contributed by atoms with Gasteiger partial charge in [-0.1, -0.05) is 148 Å². The van der Waals surface area contributed by atoms with Gasteiger partial charge in [0.15, 0.2) is 6.10 Å². The average molecular weight is 687 g/mol. The van der Waals surface area contributed by atoms with E-state index in [0.717, 1.165) is 77.0 Å². The molecule has 0 aliphatic carbocycles. The SMILES string of the molecule is CC/C=C\C/C=C\C/C=C\C/C=C\C/C=C\C/C=C\CCC(=O)OC(CO)COC(=O)CCC/C=C\C/C=C\C/C=C\C/C=C\C/C=C\CC. The first-order valence-corrected chi connectivity index (χ1v) is 18.7. The highest BCUT2D eigenvalue weighted by Gasteiger charge is 2.15. The number of ether oxygens (including phenoxy) is 2. The summed E-state index contributed by atoms with van der Waals surface area (Å²) in [6.45, 7) is 3.76. The Bertz CT molecular complexity index is 1140. The number of carbonyl (C=O) groups excluding carboxylic acids is 2. The first-order valence-electron chi connectivity index (χ1n) is 18.7. The van der Waals surface area contributed by atoms with Crippen molar-refractivity contribution in [2.45, 2.75) is 123 Å². The number of esters is 2. The number of hydrogen-bond acceptors (Lipinski definition) is 5. The summed E-state index contributed by atoms with van der Waals surface area (Å²) in [5.41, 5.74) is 0. The smallest absolute Gasteiger partial charge is 0.306 e. The summed E-state index contributed by atoms with van der Waals surface area (Å²) in [5.74, 6) is -0.775. The average Bonchev–Trinajstić information content (AvgIpc) is 3.12. The topological polar surface area (TPSA) is 72.8 Å². The van der Waals surface area contributed by atoms with Gasteiger partial charge >= 0.3 is 11.9 Å². The summed E-state index contributed by atoms with van der Waals surface area (Å²) < 4.78 is 10.5. The minimum atomic E-state index is -0.845. The molecule has 0 bridgehead atoms. The molecule has 0 saturated carbocycles. The molecule has 0 fully saturated rings. The highest BCUT2D eigenvalue weighted by atomic mass is 16.6. The molecule has 1 unspecified atom stereocenters. The van der Waals surface area contributed by atoms with Gasteiger partial charge < -0.3 is 14.6 Å². The van der Waals surface area contributed by atoms with Gasteiger partial charge in [0, 0.05) is 12.8 Å². The van der Waals surface area contributed by atoms with Gasteiger partial charge in [0.1, 0.15) is 6.61 Å². The number of aliphatic hydroxyl groups excluding tert-OH is 1. The van der Waals surface area contributed by atoms with Gasteiger partial charge in [-0.05, 0) is 89.9 Å². The van der Waals surface area contributed by atoms with Crippen molar-refractivity contribution in [2.24, 2.45) is 0 Å². The predicted molar refractivity (Wildman–Crippen MR) is 214 cm³/mol. The van der Waals surface area contributed by atoms with E-state index < -0.39 is 12.1 Å². The van der Waals surface area contributed by atoms with Crippen LogP contribution in [-0.2, 0) is 19.1 Å². The lowest BCUT2D eigenvalue weighted by atomic mass is 10.2. The molecule has 5 heteroatoms. The fourth-order valence-corrected chi connectivity index (χ4v) is 4.20. The minimum absolute atomic E-state index is 0.136. The first-order chi connectivity index (χ1) is 24.6. The van der Waals surface area contributed by atoms with E-state index in [1.165, 1.54) is 0 Å². The zero-order valence-electron chi connectivity index (χ0n) is 31.1. The maximum Gasteiger partial charge on any atom is 0.306 e. The normalized spacial score (nSPS) is 13.7. The molecule has 0 aliphatic rings. The lowest BCUT2D eigenvalue weighted by Gasteiger charge is -2.15. The van der Waals surface area contributed by atoms with Crippen LogP contribution in [0, 0.1) is 0 Å². The molecular formula is C45H66O5. The second-order valence-electron chi connectivity index (χ2n) is 11.5. The van der Waals surface area contributed by atoms with E-state index >= 15 is 0 Å². The highest BCUT2D eigenvalue weighted by Crippen LogP contribution is 2.05. The zero-order chi connectivity index (χ0) is 36.4. The van der Waals surface area contributed by atoms with Crippen LogP contribution in [0.15, 0.2) is 134 Å². The van der Waals surface area contributed by atoms with Crippen LogP contribution in [-0.4, -0.2) is 36.4 Å². The van der Waals surface area contributed by atoms with E-state index in [9.17, 15) is 14.7 Å². The molecule has 0 rings (SSSR count). The fourth-order valence-electron chi connectivity index (χ4n) is 4.20. The molecule has 0 saturated heterocycles. The van der Waals surface area contributed by atoms with Crippen LogP contribution in [0.5, 0.6) is 0 Å². The van der Waals surface area contributed by atoms with Crippen molar-refractivity contribution in [3.63, 3.8) is 0 Å². The Hall–Kier alpha value is -3.96. The van der Waals surface area contributed by atoms with Gasteiger partial charge in [-0.15, -0.1) is 0 Å². The van der Waals surface area contributed by atoms with Crippen LogP contribution in [0.4, 0.5) is 0 Å². The van der Waals surface area contributed by atoms with E-state index in [4.69, 9.17) is 9.47 Å². The van der Waals surface area contributed by atoms with E-state index in [1.807, 2.05) is 12.2 Å². The van der Waals surface area contributed by atoms with Crippen molar-refractivity contribution in [1.82, 2.24) is 0 Å². The van der Waals surface area contributed by atoms with Gasteiger partial charge in [0.2, 0.25) is 0 Å². The summed E-state index contributed by atoms with van der Waals surface area (Å²) in [4.78, 5) is 24.2. The quantitative estimate of drug-likeness (QED) is 0.0446. The molecule has 1 N–H and O–H groups in total. The van der Waals surface area contributed by atoms with E-state index in [0.29, 0.717) is 12.8 Å². The third kappa shape index (κ3) is 36.9. The molecule has 0 spiro atoms. The third-order valence-corrected chi connectivity index (χ3v) is 6.95. The number of allylic oxidation sites excluding steroid dienone is 22. The minimum Gasteiger partial charge on any atom is -0.462 e. The Morgan fingerprint density at radius 2 is 0.800 bits per heavy atom. The van der Waals surface area contributed by atoms with Gasteiger partial charge in [-0.2, -0.15) is 0 Å². The van der Waals surface area contributed by atoms with Crippen molar-refractivity contribution in [3.8, 4) is 0 Å². The van der Waals surface area contributed by atoms with Gasteiger partial charge in [0.05, 0.1) is 6.61 Å². The third-order valence-electron chi connectivity index (χ3n) is 6.95. The van der Waals surface area contributed by atoms with Crippen molar-refractivity contribution in [2.75, 3.05) is 13.2 Å². The second kappa shape index (κ2) is 39.5. The lowest BCUT2D eigenvalue weighted by Crippen LogP contribution is -2.28. The second-order valence-corrected chi connectivity index (χ2v) is 11.5. The summed E-state index contributed by atoms with van der Waals surface area (Å²) in [7, 11) is 0. The largest absolute Gasteiger partial charge is 0.462 e. The van der Waals surface area contributed by atoms with Crippen LogP contribution in [0.25, 0.3) is 0 Å². The van der Waals surface area contributed by atoms with Crippen molar-refractivity contribution < 1.29 is 24.2 Å². The van der Waals surface area contributed by atoms with Crippen LogP contribution >= 0.6 is 0 Å². The standard InChI is InChI=1S/C45H66O5/c1-3-5-7-9-11-13-15-17-19-21-22-24-26-28-30-32-34-36-38-40-45(48)50-43(41-46)42-49-44(47)39-37-35-33-31-29-27-25-23-20-18-16-14-12-10-8-6-4-2/h5-8,11-14,17-20,22,24-25,27-28,30-31,33-34,36,43,46H,3-4,9-10,15-16,21,23,26,29,32,35,37-42H2,1-2H3/b7-5-,8-6-,13-11-,14-12-,19-17-,20-18-,24-22-,27-25-,30-28-,33-31-,36-34-. The fraction of sp³-hybridized carbons (Fsp3) is 0.467. The zero-order valence-corrected chi connectivity index (χ0v) is 31.1. The molecule has 0 aromatic carbocycles. The lowest BCUT2D eigenvalue weighted by molar-refractivity contribution is -0.161. The Morgan fingerprint density at radius 1 is 0.460 bits per heavy atom. The summed E-state index contributed by atoms with van der Waals surface area (Å²) in [6.07, 6.45) is 59.5.